The second-order valence-corrected chi connectivity index (χ2v) is 10.3. The maximum atomic E-state index is 12.7. The molecule has 1 aliphatic carbocycles. The van der Waals surface area contributed by atoms with Gasteiger partial charge in [-0.05, 0) is 53.8 Å². The molecule has 1 saturated heterocycles. The van der Waals surface area contributed by atoms with Crippen molar-refractivity contribution in [2.45, 2.75) is 32.0 Å². The van der Waals surface area contributed by atoms with Crippen LogP contribution in [0.2, 0.25) is 0 Å². The van der Waals surface area contributed by atoms with Crippen molar-refractivity contribution >= 4 is 17.6 Å². The second kappa shape index (κ2) is 8.70. The Kier molecular flexibility index (Phi) is 5.17. The van der Waals surface area contributed by atoms with Gasteiger partial charge in [-0.3, -0.25) is 10.00 Å². The summed E-state index contributed by atoms with van der Waals surface area (Å²) in [6.07, 6.45) is 7.22. The molecule has 0 bridgehead atoms. The molecule has 4 aromatic rings. The van der Waals surface area contributed by atoms with Crippen LogP contribution in [-0.2, 0) is 17.8 Å². The second-order valence-electron chi connectivity index (χ2n) is 10.3. The van der Waals surface area contributed by atoms with Gasteiger partial charge in [0.2, 0.25) is 0 Å². The number of aromatic amines is 1. The lowest BCUT2D eigenvalue weighted by Gasteiger charge is -2.53. The molecule has 7 rings (SSSR count). The Morgan fingerprint density at radius 2 is 1.81 bits per heavy atom. The Morgan fingerprint density at radius 1 is 1.00 bits per heavy atom. The van der Waals surface area contributed by atoms with E-state index in [-0.39, 0.29) is 12.2 Å². The number of carbonyl (C=O) groups excluding carboxylic acids is 1. The number of fused-ring (bicyclic) bond motifs is 1. The van der Waals surface area contributed by atoms with Gasteiger partial charge >= 0.3 is 6.09 Å². The van der Waals surface area contributed by atoms with Crippen molar-refractivity contribution in [1.29, 1.82) is 0 Å². The number of ether oxygens (including phenoxy) is 1. The highest BCUT2D eigenvalue weighted by molar-refractivity contribution is 5.70. The zero-order chi connectivity index (χ0) is 24.8. The summed E-state index contributed by atoms with van der Waals surface area (Å²) in [6.45, 7) is 3.22. The number of nitrogens with one attached hydrogen (secondary N) is 3. The molecule has 2 aromatic carbocycles. The van der Waals surface area contributed by atoms with Gasteiger partial charge in [0.25, 0.3) is 0 Å². The highest BCUT2D eigenvalue weighted by atomic mass is 16.6. The van der Waals surface area contributed by atoms with Crippen molar-refractivity contribution in [1.82, 2.24) is 30.4 Å². The monoisotopic (exact) mass is 493 g/mol. The summed E-state index contributed by atoms with van der Waals surface area (Å²) in [7, 11) is 0. The lowest BCUT2D eigenvalue weighted by molar-refractivity contribution is -0.0779. The highest BCUT2D eigenvalue weighted by Crippen LogP contribution is 2.46. The molecule has 2 fully saturated rings. The third-order valence-corrected chi connectivity index (χ3v) is 7.68. The van der Waals surface area contributed by atoms with Crippen LogP contribution in [0.25, 0.3) is 22.5 Å². The third kappa shape index (κ3) is 4.21. The number of aromatic nitrogens is 4. The van der Waals surface area contributed by atoms with Gasteiger partial charge in [0, 0.05) is 60.8 Å². The lowest BCUT2D eigenvalue weighted by atomic mass is 9.63. The number of carbonyl (C=O) groups is 1. The maximum absolute atomic E-state index is 12.7. The first kappa shape index (κ1) is 22.0. The number of benzene rings is 2. The Balaban J connectivity index is 1.01. The third-order valence-electron chi connectivity index (χ3n) is 7.68. The van der Waals surface area contributed by atoms with E-state index in [2.05, 4.69) is 37.9 Å². The van der Waals surface area contributed by atoms with E-state index in [0.29, 0.717) is 30.1 Å². The summed E-state index contributed by atoms with van der Waals surface area (Å²) in [5.74, 6) is 1.35. The van der Waals surface area contributed by atoms with E-state index in [1.165, 1.54) is 0 Å². The predicted octanol–water partition coefficient (Wildman–Crippen LogP) is 4.48. The summed E-state index contributed by atoms with van der Waals surface area (Å²) < 4.78 is 5.77. The molecule has 1 spiro atoms. The number of hydrogen-bond donors (Lipinski definition) is 3. The molecule has 9 heteroatoms. The number of rotatable bonds is 5. The van der Waals surface area contributed by atoms with Gasteiger partial charge in [-0.15, -0.1) is 0 Å². The zero-order valence-electron chi connectivity index (χ0n) is 20.3. The van der Waals surface area contributed by atoms with Crippen molar-refractivity contribution in [3.63, 3.8) is 0 Å². The van der Waals surface area contributed by atoms with Crippen LogP contribution >= 0.6 is 0 Å². The highest BCUT2D eigenvalue weighted by Gasteiger charge is 2.50. The summed E-state index contributed by atoms with van der Waals surface area (Å²) in [4.78, 5) is 23.7. The Hall–Kier alpha value is -4.24. The first-order valence-corrected chi connectivity index (χ1v) is 12.6. The molecule has 37 heavy (non-hydrogen) atoms. The first-order valence-electron chi connectivity index (χ1n) is 12.6. The van der Waals surface area contributed by atoms with E-state index in [1.54, 1.807) is 17.3 Å². The van der Waals surface area contributed by atoms with Gasteiger partial charge < -0.3 is 15.4 Å². The van der Waals surface area contributed by atoms with E-state index in [0.717, 1.165) is 59.4 Å². The van der Waals surface area contributed by atoms with Crippen LogP contribution < -0.4 is 10.6 Å². The molecule has 3 N–H and O–H groups in total. The molecule has 0 radical (unpaired) electrons. The minimum absolute atomic E-state index is 0.0550. The molecule has 1 saturated carbocycles. The summed E-state index contributed by atoms with van der Waals surface area (Å²) >= 11 is 0. The fourth-order valence-electron chi connectivity index (χ4n) is 5.51. The SMILES string of the molecule is O=C(OC1CC2(CNC2)C1)N1Cc2ccc(-c3nccc(Nc4ccc(-c5cn[nH]c5)cc4)n3)cc2C1. The molecule has 0 atom stereocenters. The Morgan fingerprint density at radius 3 is 2.57 bits per heavy atom. The van der Waals surface area contributed by atoms with Crippen molar-refractivity contribution < 1.29 is 9.53 Å². The summed E-state index contributed by atoms with van der Waals surface area (Å²) in [6, 6.07) is 16.1. The fraction of sp³-hybridized carbons (Fsp3) is 0.286. The van der Waals surface area contributed by atoms with Crippen molar-refractivity contribution in [3.8, 4) is 22.5 Å². The molecular formula is C28H27N7O2. The Bertz CT molecular complexity index is 1440. The minimum Gasteiger partial charge on any atom is -0.446 e. The van der Waals surface area contributed by atoms with Crippen LogP contribution in [0.1, 0.15) is 24.0 Å². The lowest BCUT2D eigenvalue weighted by Crippen LogP contribution is -2.62. The van der Waals surface area contributed by atoms with Crippen LogP contribution in [0.15, 0.2) is 67.1 Å². The van der Waals surface area contributed by atoms with Gasteiger partial charge in [0.15, 0.2) is 5.82 Å². The van der Waals surface area contributed by atoms with Gasteiger partial charge in [0.1, 0.15) is 11.9 Å². The minimum atomic E-state index is -0.217. The topological polar surface area (TPSA) is 108 Å². The molecule has 3 aliphatic rings. The predicted molar refractivity (Wildman–Crippen MR) is 139 cm³/mol. The number of nitrogens with zero attached hydrogens (tertiary/aromatic N) is 4. The zero-order valence-corrected chi connectivity index (χ0v) is 20.3. The number of H-pyrrole nitrogens is 1. The van der Waals surface area contributed by atoms with E-state index in [9.17, 15) is 4.79 Å². The van der Waals surface area contributed by atoms with Gasteiger partial charge in [-0.1, -0.05) is 24.3 Å². The summed E-state index contributed by atoms with van der Waals surface area (Å²) in [5, 5.41) is 13.5. The molecule has 0 unspecified atom stereocenters. The van der Waals surface area contributed by atoms with E-state index in [1.807, 2.05) is 42.6 Å². The van der Waals surface area contributed by atoms with Crippen LogP contribution in [-0.4, -0.2) is 50.4 Å². The van der Waals surface area contributed by atoms with Crippen LogP contribution in [0, 0.1) is 5.41 Å². The maximum Gasteiger partial charge on any atom is 0.410 e. The van der Waals surface area contributed by atoms with Gasteiger partial charge in [0.05, 0.1) is 6.20 Å². The number of amides is 1. The number of hydrogen-bond acceptors (Lipinski definition) is 7. The molecule has 2 aromatic heterocycles. The smallest absolute Gasteiger partial charge is 0.410 e. The van der Waals surface area contributed by atoms with Crippen LogP contribution in [0.5, 0.6) is 0 Å². The van der Waals surface area contributed by atoms with Crippen molar-refractivity contribution in [3.05, 3.63) is 78.2 Å². The standard InChI is InChI=1S/C28H27N7O2/c36-27(37-24-10-28(11-24)16-29-17-28)35-14-20-2-1-19(9-21(20)15-35)26-30-8-7-25(34-26)33-23-5-3-18(4-6-23)22-12-31-32-13-22/h1-9,12-13,24,29H,10-11,14-17H2,(H,31,32)(H,30,33,34). The average molecular weight is 494 g/mol. The van der Waals surface area contributed by atoms with Crippen molar-refractivity contribution in [2.24, 2.45) is 5.41 Å². The van der Waals surface area contributed by atoms with E-state index >= 15 is 0 Å². The first-order chi connectivity index (χ1) is 18.1. The van der Waals surface area contributed by atoms with Crippen LogP contribution in [0.4, 0.5) is 16.3 Å². The molecule has 1 amide bonds. The quantitative estimate of drug-likeness (QED) is 0.376. The van der Waals surface area contributed by atoms with Gasteiger partial charge in [-0.25, -0.2) is 14.8 Å². The van der Waals surface area contributed by atoms with Gasteiger partial charge in [-0.2, -0.15) is 5.10 Å². The Labute approximate surface area is 214 Å². The van der Waals surface area contributed by atoms with Crippen LogP contribution in [0.3, 0.4) is 0 Å². The molecular weight excluding hydrogens is 466 g/mol. The number of anilines is 2. The molecule has 4 heterocycles. The van der Waals surface area contributed by atoms with Crippen molar-refractivity contribution in [2.75, 3.05) is 18.4 Å². The average Bonchev–Trinajstić information content (AvgIpc) is 3.55. The van der Waals surface area contributed by atoms with E-state index < -0.39 is 0 Å². The molecule has 2 aliphatic heterocycles. The molecule has 9 nitrogen and oxygen atoms in total. The van der Waals surface area contributed by atoms with E-state index in [4.69, 9.17) is 9.72 Å². The normalized spacial score (nSPS) is 17.7. The fourth-order valence-corrected chi connectivity index (χ4v) is 5.51. The molecule has 186 valence electrons. The largest absolute Gasteiger partial charge is 0.446 e. The summed E-state index contributed by atoms with van der Waals surface area (Å²) in [5.41, 5.74) is 6.63.